The number of nitriles is 1. The number of halogens is 4. The van der Waals surface area contributed by atoms with E-state index in [-0.39, 0.29) is 10.7 Å². The van der Waals surface area contributed by atoms with Crippen LogP contribution in [0.3, 0.4) is 0 Å². The fraction of sp³-hybridized carbons (Fsp3) is 0.154. The number of carbonyl (C=O) groups excluding carboxylic acids is 2. The number of ketones is 1. The molecule has 5 nitrogen and oxygen atoms in total. The minimum Gasteiger partial charge on any atom is -0.444 e. The number of ether oxygens (including phenoxy) is 1. The fourth-order valence-electron chi connectivity index (χ4n) is 1.87. The Morgan fingerprint density at radius 3 is 2.50 bits per heavy atom. The van der Waals surface area contributed by atoms with E-state index in [4.69, 9.17) is 56.4 Å². The SMILES string of the molecule is N#CC(=O)c1c(Cl)n(C(=O)OCC(Cl)(Cl)Cl)c2ccccc12. The van der Waals surface area contributed by atoms with Crippen LogP contribution in [0.5, 0.6) is 0 Å². The van der Waals surface area contributed by atoms with Gasteiger partial charge < -0.3 is 4.74 Å². The molecule has 0 saturated carbocycles. The summed E-state index contributed by atoms with van der Waals surface area (Å²) >= 11 is 22.6. The van der Waals surface area contributed by atoms with Gasteiger partial charge >= 0.3 is 6.09 Å². The molecule has 0 N–H and O–H groups in total. The Labute approximate surface area is 144 Å². The van der Waals surface area contributed by atoms with E-state index in [2.05, 4.69) is 0 Å². The second-order valence-electron chi connectivity index (χ2n) is 4.13. The molecule has 0 fully saturated rings. The Hall–Kier alpha value is -1.45. The zero-order valence-corrected chi connectivity index (χ0v) is 13.7. The molecule has 0 atom stereocenters. The average Bonchev–Trinajstić information content (AvgIpc) is 2.75. The van der Waals surface area contributed by atoms with Gasteiger partial charge in [-0.15, -0.1) is 0 Å². The van der Waals surface area contributed by atoms with Gasteiger partial charge in [-0.2, -0.15) is 5.26 Å². The summed E-state index contributed by atoms with van der Waals surface area (Å²) in [5.41, 5.74) is 0.228. The minimum atomic E-state index is -1.78. The van der Waals surface area contributed by atoms with Crippen LogP contribution >= 0.6 is 46.4 Å². The van der Waals surface area contributed by atoms with Gasteiger partial charge in [0.1, 0.15) is 17.8 Å². The van der Waals surface area contributed by atoms with Crippen molar-refractivity contribution in [2.45, 2.75) is 3.79 Å². The second kappa shape index (κ2) is 6.35. The van der Waals surface area contributed by atoms with Gasteiger partial charge in [-0.05, 0) is 6.07 Å². The van der Waals surface area contributed by atoms with E-state index in [0.29, 0.717) is 10.9 Å². The quantitative estimate of drug-likeness (QED) is 0.441. The first-order valence-electron chi connectivity index (χ1n) is 5.73. The molecule has 9 heteroatoms. The lowest BCUT2D eigenvalue weighted by Crippen LogP contribution is -2.21. The van der Waals surface area contributed by atoms with Crippen LogP contribution in [0, 0.1) is 11.3 Å². The number of alkyl halides is 3. The molecule has 2 rings (SSSR count). The summed E-state index contributed by atoms with van der Waals surface area (Å²) < 4.78 is 4.02. The van der Waals surface area contributed by atoms with Crippen molar-refractivity contribution in [3.05, 3.63) is 35.0 Å². The largest absolute Gasteiger partial charge is 0.444 e. The number of rotatable bonds is 2. The molecule has 0 saturated heterocycles. The molecule has 1 aromatic heterocycles. The van der Waals surface area contributed by atoms with Crippen LogP contribution in [-0.2, 0) is 4.74 Å². The maximum Gasteiger partial charge on any atom is 0.419 e. The van der Waals surface area contributed by atoms with Gasteiger partial charge in [-0.3, -0.25) is 4.79 Å². The van der Waals surface area contributed by atoms with Crippen molar-refractivity contribution < 1.29 is 14.3 Å². The summed E-state index contributed by atoms with van der Waals surface area (Å²) in [7, 11) is 0. The van der Waals surface area contributed by atoms with E-state index in [9.17, 15) is 9.59 Å². The molecular formula is C13H6Cl4N2O3. The lowest BCUT2D eigenvalue weighted by Gasteiger charge is -2.12. The van der Waals surface area contributed by atoms with E-state index in [1.54, 1.807) is 24.3 Å². The molecule has 0 radical (unpaired) electrons. The Balaban J connectivity index is 2.55. The zero-order valence-electron chi connectivity index (χ0n) is 10.6. The van der Waals surface area contributed by atoms with Gasteiger partial charge in [0.2, 0.25) is 3.79 Å². The van der Waals surface area contributed by atoms with Crippen molar-refractivity contribution in [3.63, 3.8) is 0 Å². The maximum atomic E-state index is 12.1. The van der Waals surface area contributed by atoms with Gasteiger partial charge in [0.05, 0.1) is 11.1 Å². The predicted molar refractivity (Wildman–Crippen MR) is 83.9 cm³/mol. The minimum absolute atomic E-state index is 0.0781. The van der Waals surface area contributed by atoms with E-state index < -0.39 is 22.3 Å². The summed E-state index contributed by atoms with van der Waals surface area (Å²) in [4.78, 5) is 23.9. The van der Waals surface area contributed by atoms with Crippen molar-refractivity contribution in [2.24, 2.45) is 0 Å². The van der Waals surface area contributed by atoms with Crippen LogP contribution in [0.4, 0.5) is 4.79 Å². The van der Waals surface area contributed by atoms with Gasteiger partial charge in [-0.1, -0.05) is 64.6 Å². The van der Waals surface area contributed by atoms with Gasteiger partial charge in [-0.25, -0.2) is 9.36 Å². The molecule has 0 aliphatic rings. The lowest BCUT2D eigenvalue weighted by molar-refractivity contribution is 0.105. The fourth-order valence-corrected chi connectivity index (χ4v) is 2.38. The number of hydrogen-bond acceptors (Lipinski definition) is 4. The van der Waals surface area contributed by atoms with Crippen molar-refractivity contribution in [2.75, 3.05) is 6.61 Å². The molecule has 0 bridgehead atoms. The topological polar surface area (TPSA) is 72.1 Å². The van der Waals surface area contributed by atoms with Gasteiger partial charge in [0.25, 0.3) is 5.78 Å². The molecule has 2 aromatic rings. The third kappa shape index (κ3) is 3.31. The highest BCUT2D eigenvalue weighted by molar-refractivity contribution is 6.67. The second-order valence-corrected chi connectivity index (χ2v) is 7.00. The third-order valence-corrected chi connectivity index (χ3v) is 3.37. The van der Waals surface area contributed by atoms with Crippen molar-refractivity contribution in [1.29, 1.82) is 5.26 Å². The highest BCUT2D eigenvalue weighted by atomic mass is 35.6. The average molecular weight is 380 g/mol. The van der Waals surface area contributed by atoms with Crippen molar-refractivity contribution in [1.82, 2.24) is 4.57 Å². The summed E-state index contributed by atoms with van der Waals surface area (Å²) in [6.45, 7) is -0.499. The van der Waals surface area contributed by atoms with Crippen LogP contribution in [0.25, 0.3) is 10.9 Å². The van der Waals surface area contributed by atoms with Crippen LogP contribution in [0.1, 0.15) is 10.4 Å². The Morgan fingerprint density at radius 2 is 1.91 bits per heavy atom. The number of para-hydroxylation sites is 1. The van der Waals surface area contributed by atoms with Crippen molar-refractivity contribution in [3.8, 4) is 6.07 Å². The highest BCUT2D eigenvalue weighted by Gasteiger charge is 2.27. The lowest BCUT2D eigenvalue weighted by atomic mass is 10.1. The van der Waals surface area contributed by atoms with Crippen LogP contribution in [0.2, 0.25) is 5.15 Å². The van der Waals surface area contributed by atoms with E-state index in [1.807, 2.05) is 0 Å². The predicted octanol–water partition coefficient (Wildman–Crippen LogP) is 4.36. The number of carbonyl (C=O) groups is 2. The molecule has 0 amide bonds. The normalized spacial score (nSPS) is 11.2. The highest BCUT2D eigenvalue weighted by Crippen LogP contribution is 2.31. The smallest absolute Gasteiger partial charge is 0.419 e. The number of aromatic nitrogens is 1. The van der Waals surface area contributed by atoms with E-state index >= 15 is 0 Å². The molecule has 0 spiro atoms. The molecule has 0 unspecified atom stereocenters. The standard InChI is InChI=1S/C13H6Cl4N2O3/c14-11-10(9(20)5-18)7-3-1-2-4-8(7)19(11)12(21)22-6-13(15,16)17/h1-4H,6H2. The van der Waals surface area contributed by atoms with Gasteiger partial charge in [0, 0.05) is 5.39 Å². The zero-order chi connectivity index (χ0) is 16.5. The molecule has 22 heavy (non-hydrogen) atoms. The van der Waals surface area contributed by atoms with Crippen LogP contribution in [0.15, 0.2) is 24.3 Å². The summed E-state index contributed by atoms with van der Waals surface area (Å²) in [6, 6.07) is 7.86. The van der Waals surface area contributed by atoms with E-state index in [0.717, 1.165) is 4.57 Å². The third-order valence-electron chi connectivity index (χ3n) is 2.69. The first kappa shape index (κ1) is 16.9. The Bertz CT molecular complexity index is 802. The summed E-state index contributed by atoms with van der Waals surface area (Å²) in [5, 5.41) is 8.91. The van der Waals surface area contributed by atoms with Gasteiger partial charge in [0.15, 0.2) is 0 Å². The Morgan fingerprint density at radius 1 is 1.27 bits per heavy atom. The molecule has 0 aliphatic carbocycles. The number of hydrogen-bond donors (Lipinski definition) is 0. The molecule has 114 valence electrons. The van der Waals surface area contributed by atoms with Crippen LogP contribution < -0.4 is 0 Å². The number of nitrogens with zero attached hydrogens (tertiary/aromatic N) is 2. The monoisotopic (exact) mass is 378 g/mol. The number of benzene rings is 1. The Kier molecular flexibility index (Phi) is 4.88. The summed E-state index contributed by atoms with van der Waals surface area (Å²) in [6.07, 6.45) is -0.926. The number of fused-ring (bicyclic) bond motifs is 1. The molecule has 1 heterocycles. The maximum absolute atomic E-state index is 12.1. The molecule has 0 aliphatic heterocycles. The summed E-state index contributed by atoms with van der Waals surface area (Å²) in [5.74, 6) is -0.867. The number of Topliss-reactive ketones (excluding diaryl/α,β-unsaturated/α-hetero) is 1. The first-order chi connectivity index (χ1) is 10.3. The molecular weight excluding hydrogens is 374 g/mol. The van der Waals surface area contributed by atoms with Crippen molar-refractivity contribution >= 4 is 69.2 Å². The van der Waals surface area contributed by atoms with Crippen LogP contribution in [-0.4, -0.2) is 26.8 Å². The first-order valence-corrected chi connectivity index (χ1v) is 7.24. The van der Waals surface area contributed by atoms with E-state index in [1.165, 1.54) is 6.07 Å². The molecule has 1 aromatic carbocycles.